The summed E-state index contributed by atoms with van der Waals surface area (Å²) >= 11 is 0. The van der Waals surface area contributed by atoms with Gasteiger partial charge < -0.3 is 9.84 Å². The third-order valence-corrected chi connectivity index (χ3v) is 3.47. The Morgan fingerprint density at radius 2 is 1.59 bits per heavy atom. The molecule has 0 spiro atoms. The van der Waals surface area contributed by atoms with Crippen LogP contribution in [0.25, 0.3) is 0 Å². The summed E-state index contributed by atoms with van der Waals surface area (Å²) in [7, 11) is 1.70. The van der Waals surface area contributed by atoms with Gasteiger partial charge in [-0.15, -0.1) is 0 Å². The molecule has 22 heavy (non-hydrogen) atoms. The van der Waals surface area contributed by atoms with Crippen LogP contribution in [-0.2, 0) is 17.8 Å². The van der Waals surface area contributed by atoms with Crippen molar-refractivity contribution in [2.75, 3.05) is 20.3 Å². The molecule has 0 radical (unpaired) electrons. The van der Waals surface area contributed by atoms with Gasteiger partial charge in [-0.1, -0.05) is 42.5 Å². The molecule has 0 aliphatic carbocycles. The van der Waals surface area contributed by atoms with Gasteiger partial charge in [0, 0.05) is 26.7 Å². The van der Waals surface area contributed by atoms with Crippen molar-refractivity contribution in [3.05, 3.63) is 71.3 Å². The minimum atomic E-state index is -0.896. The van der Waals surface area contributed by atoms with E-state index >= 15 is 0 Å². The van der Waals surface area contributed by atoms with Gasteiger partial charge in [-0.3, -0.25) is 4.90 Å². The Labute approximate surface area is 131 Å². The number of rotatable bonds is 8. The molecule has 0 saturated heterocycles. The fourth-order valence-corrected chi connectivity index (χ4v) is 2.29. The number of carbonyl (C=O) groups is 1. The molecular weight excluding hydrogens is 278 g/mol. The van der Waals surface area contributed by atoms with Gasteiger partial charge in [-0.25, -0.2) is 4.79 Å². The summed E-state index contributed by atoms with van der Waals surface area (Å²) in [6.07, 6.45) is 0. The number of hydrogen-bond donors (Lipinski definition) is 1. The summed E-state index contributed by atoms with van der Waals surface area (Å²) in [5, 5.41) is 8.94. The highest BCUT2D eigenvalue weighted by atomic mass is 16.5. The summed E-state index contributed by atoms with van der Waals surface area (Å²) in [4.78, 5) is 13.2. The van der Waals surface area contributed by atoms with E-state index in [1.807, 2.05) is 30.3 Å². The zero-order valence-electron chi connectivity index (χ0n) is 12.7. The average molecular weight is 299 g/mol. The van der Waals surface area contributed by atoms with Crippen molar-refractivity contribution < 1.29 is 14.6 Å². The first kappa shape index (κ1) is 16.2. The van der Waals surface area contributed by atoms with E-state index in [-0.39, 0.29) is 0 Å². The lowest BCUT2D eigenvalue weighted by Crippen LogP contribution is -2.26. The van der Waals surface area contributed by atoms with Crippen molar-refractivity contribution in [3.63, 3.8) is 0 Å². The molecule has 116 valence electrons. The minimum absolute atomic E-state index is 0.315. The van der Waals surface area contributed by atoms with Crippen LogP contribution in [0.5, 0.6) is 0 Å². The highest BCUT2D eigenvalue weighted by Gasteiger charge is 2.08. The van der Waals surface area contributed by atoms with E-state index in [4.69, 9.17) is 9.84 Å². The molecule has 1 N–H and O–H groups in total. The van der Waals surface area contributed by atoms with Crippen LogP contribution in [0.3, 0.4) is 0 Å². The molecule has 0 saturated carbocycles. The van der Waals surface area contributed by atoms with Crippen LogP contribution < -0.4 is 0 Å². The molecule has 0 bridgehead atoms. The van der Waals surface area contributed by atoms with Crippen LogP contribution in [-0.4, -0.2) is 36.2 Å². The molecule has 0 aliphatic heterocycles. The normalized spacial score (nSPS) is 10.8. The molecule has 4 nitrogen and oxygen atoms in total. The van der Waals surface area contributed by atoms with Crippen LogP contribution in [0.15, 0.2) is 54.6 Å². The van der Waals surface area contributed by atoms with Crippen molar-refractivity contribution in [1.82, 2.24) is 4.90 Å². The van der Waals surface area contributed by atoms with Gasteiger partial charge in [0.25, 0.3) is 0 Å². The molecule has 2 aromatic rings. The molecule has 4 heteroatoms. The highest BCUT2D eigenvalue weighted by molar-refractivity contribution is 5.87. The molecule has 0 fully saturated rings. The molecule has 0 aromatic heterocycles. The molecular formula is C18H21NO3. The fraction of sp³-hybridized carbons (Fsp3) is 0.278. The van der Waals surface area contributed by atoms with E-state index in [1.165, 1.54) is 5.56 Å². The van der Waals surface area contributed by atoms with Gasteiger partial charge in [-0.05, 0) is 23.3 Å². The maximum absolute atomic E-state index is 10.9. The number of methoxy groups -OCH3 is 1. The van der Waals surface area contributed by atoms with Crippen LogP contribution >= 0.6 is 0 Å². The molecule has 0 heterocycles. The van der Waals surface area contributed by atoms with Crippen molar-refractivity contribution in [2.45, 2.75) is 13.1 Å². The predicted octanol–water partition coefficient (Wildman–Crippen LogP) is 3.03. The smallest absolute Gasteiger partial charge is 0.335 e. The zero-order chi connectivity index (χ0) is 15.8. The topological polar surface area (TPSA) is 49.8 Å². The second-order valence-corrected chi connectivity index (χ2v) is 5.19. The quantitative estimate of drug-likeness (QED) is 0.814. The Morgan fingerprint density at radius 3 is 2.14 bits per heavy atom. The van der Waals surface area contributed by atoms with Gasteiger partial charge in [0.05, 0.1) is 12.2 Å². The summed E-state index contributed by atoms with van der Waals surface area (Å²) in [6.45, 7) is 3.09. The molecule has 0 amide bonds. The molecule has 2 aromatic carbocycles. The first-order chi connectivity index (χ1) is 10.7. The maximum atomic E-state index is 10.9. The Balaban J connectivity index is 2.03. The SMILES string of the molecule is COCCN(Cc1ccccc1)Cc1ccc(C(=O)O)cc1. The van der Waals surface area contributed by atoms with Crippen molar-refractivity contribution in [1.29, 1.82) is 0 Å². The summed E-state index contributed by atoms with van der Waals surface area (Å²) in [5.74, 6) is -0.896. The number of nitrogens with zero attached hydrogens (tertiary/aromatic N) is 1. The predicted molar refractivity (Wildman–Crippen MR) is 85.8 cm³/mol. The fourth-order valence-electron chi connectivity index (χ4n) is 2.29. The minimum Gasteiger partial charge on any atom is -0.478 e. The van der Waals surface area contributed by atoms with Crippen molar-refractivity contribution >= 4 is 5.97 Å². The van der Waals surface area contributed by atoms with Gasteiger partial charge >= 0.3 is 5.97 Å². The standard InChI is InChI=1S/C18H21NO3/c1-22-12-11-19(13-15-5-3-2-4-6-15)14-16-7-9-17(10-8-16)18(20)21/h2-10H,11-14H2,1H3,(H,20,21). The highest BCUT2D eigenvalue weighted by Crippen LogP contribution is 2.11. The van der Waals surface area contributed by atoms with E-state index in [0.717, 1.165) is 25.2 Å². The van der Waals surface area contributed by atoms with Gasteiger partial charge in [0.1, 0.15) is 0 Å². The van der Waals surface area contributed by atoms with Gasteiger partial charge in [-0.2, -0.15) is 0 Å². The zero-order valence-corrected chi connectivity index (χ0v) is 12.7. The molecule has 0 aliphatic rings. The Kier molecular flexibility index (Phi) is 6.13. The maximum Gasteiger partial charge on any atom is 0.335 e. The third kappa shape index (κ3) is 4.98. The second-order valence-electron chi connectivity index (χ2n) is 5.19. The molecule has 0 unspecified atom stereocenters. The van der Waals surface area contributed by atoms with E-state index in [0.29, 0.717) is 12.2 Å². The second kappa shape index (κ2) is 8.32. The lowest BCUT2D eigenvalue weighted by molar-refractivity contribution is 0.0697. The third-order valence-electron chi connectivity index (χ3n) is 3.47. The monoisotopic (exact) mass is 299 g/mol. The van der Waals surface area contributed by atoms with Crippen LogP contribution in [0.2, 0.25) is 0 Å². The summed E-state index contributed by atoms with van der Waals surface area (Å²) < 4.78 is 5.18. The Morgan fingerprint density at radius 1 is 1.00 bits per heavy atom. The van der Waals surface area contributed by atoms with E-state index in [2.05, 4.69) is 17.0 Å². The lowest BCUT2D eigenvalue weighted by atomic mass is 10.1. The van der Waals surface area contributed by atoms with Gasteiger partial charge in [0.2, 0.25) is 0 Å². The molecule has 0 atom stereocenters. The average Bonchev–Trinajstić information content (AvgIpc) is 2.54. The summed E-state index contributed by atoms with van der Waals surface area (Å²) in [5.41, 5.74) is 2.66. The number of carboxylic acid groups (broad SMARTS) is 1. The number of aromatic carboxylic acids is 1. The number of hydrogen-bond acceptors (Lipinski definition) is 3. The lowest BCUT2D eigenvalue weighted by Gasteiger charge is -2.22. The van der Waals surface area contributed by atoms with Crippen LogP contribution in [0, 0.1) is 0 Å². The van der Waals surface area contributed by atoms with Crippen molar-refractivity contribution in [2.24, 2.45) is 0 Å². The Hall–Kier alpha value is -2.17. The van der Waals surface area contributed by atoms with Crippen LogP contribution in [0.1, 0.15) is 21.5 Å². The Bertz CT molecular complexity index is 581. The number of carboxylic acids is 1. The van der Waals surface area contributed by atoms with E-state index < -0.39 is 5.97 Å². The first-order valence-corrected chi connectivity index (χ1v) is 7.26. The summed E-state index contributed by atoms with van der Waals surface area (Å²) in [6, 6.07) is 17.3. The first-order valence-electron chi connectivity index (χ1n) is 7.26. The van der Waals surface area contributed by atoms with Crippen LogP contribution in [0.4, 0.5) is 0 Å². The number of ether oxygens (including phenoxy) is 1. The number of benzene rings is 2. The molecule has 2 rings (SSSR count). The van der Waals surface area contributed by atoms with Crippen molar-refractivity contribution in [3.8, 4) is 0 Å². The van der Waals surface area contributed by atoms with E-state index in [1.54, 1.807) is 19.2 Å². The largest absolute Gasteiger partial charge is 0.478 e. The van der Waals surface area contributed by atoms with E-state index in [9.17, 15) is 4.79 Å². The van der Waals surface area contributed by atoms with Gasteiger partial charge in [0.15, 0.2) is 0 Å².